The van der Waals surface area contributed by atoms with Gasteiger partial charge in [-0.15, -0.1) is 0 Å². The Kier molecular flexibility index (Phi) is 3.46. The van der Waals surface area contributed by atoms with Gasteiger partial charge in [-0.25, -0.2) is 0 Å². The monoisotopic (exact) mass is 319 g/mol. The Bertz CT molecular complexity index is 580. The zero-order valence-electron chi connectivity index (χ0n) is 11.3. The van der Waals surface area contributed by atoms with Gasteiger partial charge in [-0.1, -0.05) is 28.1 Å². The summed E-state index contributed by atoms with van der Waals surface area (Å²) < 4.78 is 3.14. The molecule has 1 atom stereocenters. The summed E-state index contributed by atoms with van der Waals surface area (Å²) in [6.45, 7) is 3.29. The van der Waals surface area contributed by atoms with E-state index in [-0.39, 0.29) is 0 Å². The van der Waals surface area contributed by atoms with Crippen LogP contribution in [0, 0.1) is 6.92 Å². The molecule has 100 valence electrons. The molecule has 1 saturated heterocycles. The maximum atomic E-state index is 4.72. The van der Waals surface area contributed by atoms with Crippen LogP contribution in [-0.4, -0.2) is 16.3 Å². The molecule has 2 heterocycles. The van der Waals surface area contributed by atoms with E-state index in [0.717, 1.165) is 16.7 Å². The summed E-state index contributed by atoms with van der Waals surface area (Å²) in [6, 6.07) is 8.83. The van der Waals surface area contributed by atoms with Gasteiger partial charge in [0.05, 0.1) is 11.4 Å². The summed E-state index contributed by atoms with van der Waals surface area (Å²) in [4.78, 5) is 0. The van der Waals surface area contributed by atoms with Crippen LogP contribution in [-0.2, 0) is 7.05 Å². The molecule has 4 heteroatoms. The van der Waals surface area contributed by atoms with Crippen molar-refractivity contribution in [2.24, 2.45) is 7.05 Å². The fraction of sp³-hybridized carbons (Fsp3) is 0.400. The first kappa shape index (κ1) is 12.9. The van der Waals surface area contributed by atoms with Gasteiger partial charge >= 0.3 is 0 Å². The molecular formula is C15H18BrN3. The van der Waals surface area contributed by atoms with E-state index >= 15 is 0 Å². The van der Waals surface area contributed by atoms with E-state index < -0.39 is 0 Å². The molecule has 0 spiro atoms. The Morgan fingerprint density at radius 1 is 1.32 bits per heavy atom. The second kappa shape index (κ2) is 5.10. The third kappa shape index (κ3) is 2.35. The number of benzene rings is 1. The Hall–Kier alpha value is -1.13. The predicted molar refractivity (Wildman–Crippen MR) is 81.1 cm³/mol. The van der Waals surface area contributed by atoms with Crippen LogP contribution >= 0.6 is 15.9 Å². The van der Waals surface area contributed by atoms with Crippen LogP contribution in [0.25, 0.3) is 11.3 Å². The first-order chi connectivity index (χ1) is 9.16. The molecule has 3 rings (SSSR count). The zero-order chi connectivity index (χ0) is 13.4. The van der Waals surface area contributed by atoms with E-state index in [1.54, 1.807) is 0 Å². The Morgan fingerprint density at radius 2 is 2.05 bits per heavy atom. The molecule has 2 aromatic rings. The van der Waals surface area contributed by atoms with Gasteiger partial charge in [0.25, 0.3) is 0 Å². The van der Waals surface area contributed by atoms with E-state index in [1.807, 2.05) is 11.7 Å². The molecule has 1 aromatic carbocycles. The molecule has 1 N–H and O–H groups in total. The minimum Gasteiger partial charge on any atom is -0.309 e. The lowest BCUT2D eigenvalue weighted by Crippen LogP contribution is -2.17. The summed E-state index contributed by atoms with van der Waals surface area (Å²) in [5.74, 6) is 0. The van der Waals surface area contributed by atoms with Crippen molar-refractivity contribution in [1.29, 1.82) is 0 Å². The van der Waals surface area contributed by atoms with Crippen molar-refractivity contribution in [3.05, 3.63) is 40.0 Å². The van der Waals surface area contributed by atoms with Gasteiger partial charge in [0.15, 0.2) is 0 Å². The quantitative estimate of drug-likeness (QED) is 0.916. The van der Waals surface area contributed by atoms with E-state index in [1.165, 1.54) is 29.7 Å². The Balaban J connectivity index is 2.03. The number of hydrogen-bond acceptors (Lipinski definition) is 2. The van der Waals surface area contributed by atoms with Crippen molar-refractivity contribution in [3.8, 4) is 11.3 Å². The SMILES string of the molecule is Cc1c(-c2ccc(Br)cc2)nn(C)c1C1CCCN1. The first-order valence-corrected chi connectivity index (χ1v) is 7.49. The van der Waals surface area contributed by atoms with E-state index in [0.29, 0.717) is 6.04 Å². The van der Waals surface area contributed by atoms with E-state index in [9.17, 15) is 0 Å². The lowest BCUT2D eigenvalue weighted by molar-refractivity contribution is 0.571. The second-order valence-corrected chi connectivity index (χ2v) is 6.05. The van der Waals surface area contributed by atoms with E-state index in [4.69, 9.17) is 5.10 Å². The van der Waals surface area contributed by atoms with Crippen molar-refractivity contribution >= 4 is 15.9 Å². The highest BCUT2D eigenvalue weighted by molar-refractivity contribution is 9.10. The molecule has 19 heavy (non-hydrogen) atoms. The summed E-state index contributed by atoms with van der Waals surface area (Å²) in [7, 11) is 2.05. The van der Waals surface area contributed by atoms with Crippen molar-refractivity contribution in [2.45, 2.75) is 25.8 Å². The molecule has 1 aromatic heterocycles. The normalized spacial score (nSPS) is 19.0. The zero-order valence-corrected chi connectivity index (χ0v) is 12.9. The molecule has 1 unspecified atom stereocenters. The van der Waals surface area contributed by atoms with Gasteiger partial charge in [-0.05, 0) is 44.0 Å². The molecule has 1 fully saturated rings. The minimum absolute atomic E-state index is 0.460. The second-order valence-electron chi connectivity index (χ2n) is 5.14. The molecular weight excluding hydrogens is 302 g/mol. The fourth-order valence-corrected chi connectivity index (χ4v) is 3.19. The lowest BCUT2D eigenvalue weighted by atomic mass is 10.0. The number of aromatic nitrogens is 2. The summed E-state index contributed by atoms with van der Waals surface area (Å²) in [6.07, 6.45) is 2.46. The van der Waals surface area contributed by atoms with Crippen LogP contribution in [0.4, 0.5) is 0 Å². The number of rotatable bonds is 2. The molecule has 3 nitrogen and oxygen atoms in total. The van der Waals surface area contributed by atoms with Gasteiger partial charge in [-0.3, -0.25) is 4.68 Å². The summed E-state index contributed by atoms with van der Waals surface area (Å²) >= 11 is 3.47. The Labute approximate surface area is 122 Å². The number of nitrogens with zero attached hydrogens (tertiary/aromatic N) is 2. The minimum atomic E-state index is 0.460. The highest BCUT2D eigenvalue weighted by Gasteiger charge is 2.24. The molecule has 0 saturated carbocycles. The predicted octanol–water partition coefficient (Wildman–Crippen LogP) is 3.58. The number of aryl methyl sites for hydroxylation is 1. The van der Waals surface area contributed by atoms with Crippen molar-refractivity contribution in [3.63, 3.8) is 0 Å². The summed E-state index contributed by atoms with van der Waals surface area (Å²) in [5, 5.41) is 8.28. The average molecular weight is 320 g/mol. The van der Waals surface area contributed by atoms with Crippen LogP contribution in [0.1, 0.15) is 30.1 Å². The van der Waals surface area contributed by atoms with Crippen LogP contribution < -0.4 is 5.32 Å². The van der Waals surface area contributed by atoms with Crippen LogP contribution in [0.2, 0.25) is 0 Å². The fourth-order valence-electron chi connectivity index (χ4n) is 2.93. The van der Waals surface area contributed by atoms with Crippen LogP contribution in [0.5, 0.6) is 0 Å². The van der Waals surface area contributed by atoms with E-state index in [2.05, 4.69) is 52.4 Å². The topological polar surface area (TPSA) is 29.9 Å². The molecule has 1 aliphatic heterocycles. The smallest absolute Gasteiger partial charge is 0.0955 e. The van der Waals surface area contributed by atoms with Gasteiger partial charge in [0.1, 0.15) is 0 Å². The molecule has 0 amide bonds. The highest BCUT2D eigenvalue weighted by Crippen LogP contribution is 2.32. The molecule has 0 aliphatic carbocycles. The molecule has 0 radical (unpaired) electrons. The standard InChI is InChI=1S/C15H18BrN3/c1-10-14(11-5-7-12(16)8-6-11)18-19(2)15(10)13-4-3-9-17-13/h5-8,13,17H,3-4,9H2,1-2H3. The van der Waals surface area contributed by atoms with Gasteiger partial charge < -0.3 is 5.32 Å². The number of halogens is 1. The first-order valence-electron chi connectivity index (χ1n) is 6.69. The van der Waals surface area contributed by atoms with Crippen molar-refractivity contribution in [2.75, 3.05) is 6.54 Å². The van der Waals surface area contributed by atoms with Crippen molar-refractivity contribution < 1.29 is 0 Å². The lowest BCUT2D eigenvalue weighted by Gasteiger charge is -2.11. The third-order valence-electron chi connectivity index (χ3n) is 3.85. The van der Waals surface area contributed by atoms with Gasteiger partial charge in [0, 0.05) is 23.1 Å². The summed E-state index contributed by atoms with van der Waals surface area (Å²) in [5.41, 5.74) is 4.90. The van der Waals surface area contributed by atoms with Crippen molar-refractivity contribution in [1.82, 2.24) is 15.1 Å². The third-order valence-corrected chi connectivity index (χ3v) is 4.37. The molecule has 0 bridgehead atoms. The van der Waals surface area contributed by atoms with Crippen LogP contribution in [0.3, 0.4) is 0 Å². The van der Waals surface area contributed by atoms with Gasteiger partial charge in [-0.2, -0.15) is 5.10 Å². The maximum absolute atomic E-state index is 4.72. The number of nitrogens with one attached hydrogen (secondary N) is 1. The Morgan fingerprint density at radius 3 is 2.68 bits per heavy atom. The molecule has 1 aliphatic rings. The maximum Gasteiger partial charge on any atom is 0.0955 e. The van der Waals surface area contributed by atoms with Crippen LogP contribution in [0.15, 0.2) is 28.7 Å². The highest BCUT2D eigenvalue weighted by atomic mass is 79.9. The largest absolute Gasteiger partial charge is 0.309 e. The number of hydrogen-bond donors (Lipinski definition) is 1. The van der Waals surface area contributed by atoms with Gasteiger partial charge in [0.2, 0.25) is 0 Å². The average Bonchev–Trinajstić information content (AvgIpc) is 2.99.